The number of hydrogen-bond acceptors (Lipinski definition) is 6. The van der Waals surface area contributed by atoms with Crippen LogP contribution in [0, 0.1) is 6.92 Å². The molecule has 4 aromatic rings. The van der Waals surface area contributed by atoms with Crippen LogP contribution in [0.1, 0.15) is 5.69 Å². The van der Waals surface area contributed by atoms with Crippen LogP contribution in [0.2, 0.25) is 0 Å². The number of benzene rings is 2. The first-order valence-electron chi connectivity index (χ1n) is 8.00. The molecular formula is C19H16N4OS2. The average Bonchev–Trinajstić information content (AvgIpc) is 3.28. The summed E-state index contributed by atoms with van der Waals surface area (Å²) in [6, 6.07) is 17.9. The molecule has 0 bridgehead atoms. The van der Waals surface area contributed by atoms with Crippen molar-refractivity contribution in [1.82, 2.24) is 19.7 Å². The van der Waals surface area contributed by atoms with Gasteiger partial charge in [-0.2, -0.15) is 0 Å². The summed E-state index contributed by atoms with van der Waals surface area (Å²) in [5, 5.41) is 11.7. The van der Waals surface area contributed by atoms with E-state index < -0.39 is 0 Å². The molecule has 0 radical (unpaired) electrons. The lowest BCUT2D eigenvalue weighted by atomic mass is 10.2. The first-order valence-corrected chi connectivity index (χ1v) is 9.70. The Hall–Kier alpha value is -2.64. The summed E-state index contributed by atoms with van der Waals surface area (Å²) in [6.07, 6.45) is 0. The zero-order valence-corrected chi connectivity index (χ0v) is 15.9. The number of thiazole rings is 1. The van der Waals surface area contributed by atoms with E-state index in [2.05, 4.69) is 15.2 Å². The second kappa shape index (κ2) is 7.31. The smallest absolute Gasteiger partial charge is 0.203 e. The van der Waals surface area contributed by atoms with Crippen molar-refractivity contribution in [2.24, 2.45) is 0 Å². The highest BCUT2D eigenvalue weighted by atomic mass is 32.2. The lowest BCUT2D eigenvalue weighted by molar-refractivity contribution is 0.416. The summed E-state index contributed by atoms with van der Waals surface area (Å²) in [4.78, 5) is 4.53. The molecule has 0 fully saturated rings. The van der Waals surface area contributed by atoms with Gasteiger partial charge in [-0.05, 0) is 43.0 Å². The van der Waals surface area contributed by atoms with Crippen LogP contribution in [-0.4, -0.2) is 26.9 Å². The molecule has 0 aliphatic carbocycles. The van der Waals surface area contributed by atoms with Gasteiger partial charge in [-0.25, -0.2) is 4.98 Å². The number of aryl methyl sites for hydroxylation is 1. The summed E-state index contributed by atoms with van der Waals surface area (Å²) in [5.74, 6) is 1.50. The Labute approximate surface area is 159 Å². The number of aromatic nitrogens is 4. The second-order valence-electron chi connectivity index (χ2n) is 5.53. The molecule has 2 aromatic carbocycles. The van der Waals surface area contributed by atoms with Gasteiger partial charge in [0.1, 0.15) is 5.75 Å². The van der Waals surface area contributed by atoms with Crippen molar-refractivity contribution in [2.45, 2.75) is 16.4 Å². The molecule has 0 unspecified atom stereocenters. The molecule has 26 heavy (non-hydrogen) atoms. The van der Waals surface area contributed by atoms with Crippen LogP contribution in [0.5, 0.6) is 5.75 Å². The second-order valence-corrected chi connectivity index (χ2v) is 7.61. The van der Waals surface area contributed by atoms with Crippen molar-refractivity contribution >= 4 is 23.1 Å². The molecule has 0 aliphatic rings. The molecule has 4 rings (SSSR count). The van der Waals surface area contributed by atoms with Gasteiger partial charge >= 0.3 is 0 Å². The van der Waals surface area contributed by atoms with Crippen LogP contribution in [0.15, 0.2) is 69.5 Å². The van der Waals surface area contributed by atoms with E-state index in [4.69, 9.17) is 4.74 Å². The molecule has 0 saturated carbocycles. The minimum Gasteiger partial charge on any atom is -0.496 e. The first-order chi connectivity index (χ1) is 12.8. The molecule has 130 valence electrons. The van der Waals surface area contributed by atoms with Crippen molar-refractivity contribution in [3.8, 4) is 22.8 Å². The molecule has 0 spiro atoms. The normalized spacial score (nSPS) is 10.8. The fourth-order valence-corrected chi connectivity index (χ4v) is 4.40. The first kappa shape index (κ1) is 16.8. The molecular weight excluding hydrogens is 364 g/mol. The summed E-state index contributed by atoms with van der Waals surface area (Å²) in [7, 11) is 1.66. The lowest BCUT2D eigenvalue weighted by Crippen LogP contribution is -2.00. The minimum atomic E-state index is 0.740. The van der Waals surface area contributed by atoms with Crippen molar-refractivity contribution in [1.29, 1.82) is 0 Å². The molecule has 0 aliphatic heterocycles. The standard InChI is InChI=1S/C19H16N4OS2/c1-13-12-25-19(20-13)26-18-22-21-17(15-10-6-7-11-16(15)24-2)23(18)14-8-4-3-5-9-14/h3-12H,1-2H3. The Morgan fingerprint density at radius 3 is 2.50 bits per heavy atom. The van der Waals surface area contributed by atoms with Gasteiger partial charge < -0.3 is 4.74 Å². The minimum absolute atomic E-state index is 0.740. The van der Waals surface area contributed by atoms with Crippen molar-refractivity contribution in [3.05, 3.63) is 65.7 Å². The van der Waals surface area contributed by atoms with Gasteiger partial charge in [-0.3, -0.25) is 4.57 Å². The van der Waals surface area contributed by atoms with Crippen LogP contribution in [0.4, 0.5) is 0 Å². The predicted molar refractivity (Wildman–Crippen MR) is 104 cm³/mol. The van der Waals surface area contributed by atoms with Gasteiger partial charge in [0.25, 0.3) is 0 Å². The molecule has 2 heterocycles. The largest absolute Gasteiger partial charge is 0.496 e. The molecule has 0 saturated heterocycles. The number of nitrogens with zero attached hydrogens (tertiary/aromatic N) is 4. The Balaban J connectivity index is 1.87. The lowest BCUT2D eigenvalue weighted by Gasteiger charge is -2.11. The van der Waals surface area contributed by atoms with E-state index in [0.29, 0.717) is 0 Å². The summed E-state index contributed by atoms with van der Waals surface area (Å²) in [6.45, 7) is 1.99. The van der Waals surface area contributed by atoms with E-state index in [0.717, 1.165) is 38.0 Å². The summed E-state index contributed by atoms with van der Waals surface area (Å²) >= 11 is 3.12. The van der Waals surface area contributed by atoms with Gasteiger partial charge in [0.15, 0.2) is 10.2 Å². The maximum Gasteiger partial charge on any atom is 0.203 e. The van der Waals surface area contributed by atoms with Crippen LogP contribution >= 0.6 is 23.1 Å². The third kappa shape index (κ3) is 3.23. The molecule has 0 atom stereocenters. The van der Waals surface area contributed by atoms with Crippen molar-refractivity contribution < 1.29 is 4.74 Å². The zero-order valence-electron chi connectivity index (χ0n) is 14.3. The SMILES string of the molecule is COc1ccccc1-c1nnc(Sc2nc(C)cs2)n1-c1ccccc1. The zero-order chi connectivity index (χ0) is 17.9. The van der Waals surface area contributed by atoms with E-state index in [1.54, 1.807) is 18.4 Å². The third-order valence-corrected chi connectivity index (χ3v) is 5.78. The van der Waals surface area contributed by atoms with Gasteiger partial charge in [0.05, 0.1) is 12.7 Å². The molecule has 5 nitrogen and oxygen atoms in total. The fourth-order valence-electron chi connectivity index (χ4n) is 2.61. The maximum absolute atomic E-state index is 5.52. The topological polar surface area (TPSA) is 52.8 Å². The van der Waals surface area contributed by atoms with E-state index in [1.807, 2.05) is 71.5 Å². The van der Waals surface area contributed by atoms with E-state index in [9.17, 15) is 0 Å². The summed E-state index contributed by atoms with van der Waals surface area (Å²) < 4.78 is 8.51. The van der Waals surface area contributed by atoms with Crippen LogP contribution in [0.3, 0.4) is 0 Å². The number of methoxy groups -OCH3 is 1. The highest BCUT2D eigenvalue weighted by Crippen LogP contribution is 2.36. The maximum atomic E-state index is 5.52. The fraction of sp³-hybridized carbons (Fsp3) is 0.105. The summed E-state index contributed by atoms with van der Waals surface area (Å²) in [5.41, 5.74) is 2.90. The number of para-hydroxylation sites is 2. The molecule has 7 heteroatoms. The predicted octanol–water partition coefficient (Wildman–Crippen LogP) is 4.86. The number of hydrogen-bond donors (Lipinski definition) is 0. The monoisotopic (exact) mass is 380 g/mol. The van der Waals surface area contributed by atoms with Crippen LogP contribution in [-0.2, 0) is 0 Å². The average molecular weight is 380 g/mol. The van der Waals surface area contributed by atoms with Crippen LogP contribution in [0.25, 0.3) is 17.1 Å². The van der Waals surface area contributed by atoms with Gasteiger partial charge in [-0.1, -0.05) is 30.3 Å². The Morgan fingerprint density at radius 1 is 1.00 bits per heavy atom. The molecule has 0 amide bonds. The Bertz CT molecular complexity index is 1030. The Kier molecular flexibility index (Phi) is 4.73. The van der Waals surface area contributed by atoms with Gasteiger partial charge in [-0.15, -0.1) is 21.5 Å². The number of ether oxygens (including phenoxy) is 1. The van der Waals surface area contributed by atoms with Crippen molar-refractivity contribution in [2.75, 3.05) is 7.11 Å². The quantitative estimate of drug-likeness (QED) is 0.495. The van der Waals surface area contributed by atoms with E-state index in [-0.39, 0.29) is 0 Å². The molecule has 2 aromatic heterocycles. The van der Waals surface area contributed by atoms with Gasteiger partial charge in [0, 0.05) is 16.8 Å². The molecule has 0 N–H and O–H groups in total. The van der Waals surface area contributed by atoms with Crippen LogP contribution < -0.4 is 4.74 Å². The Morgan fingerprint density at radius 2 is 1.77 bits per heavy atom. The third-order valence-electron chi connectivity index (χ3n) is 3.77. The van der Waals surface area contributed by atoms with Crippen molar-refractivity contribution in [3.63, 3.8) is 0 Å². The van der Waals surface area contributed by atoms with E-state index >= 15 is 0 Å². The van der Waals surface area contributed by atoms with E-state index in [1.165, 1.54) is 11.8 Å². The number of rotatable bonds is 5. The highest BCUT2D eigenvalue weighted by molar-refractivity contribution is 8.00. The van der Waals surface area contributed by atoms with Gasteiger partial charge in [0.2, 0.25) is 5.16 Å². The highest BCUT2D eigenvalue weighted by Gasteiger charge is 2.20.